The van der Waals surface area contributed by atoms with E-state index in [1.54, 1.807) is 0 Å². The molecular formula is C11H23N3O3. The van der Waals surface area contributed by atoms with Gasteiger partial charge in [-0.2, -0.15) is 0 Å². The molecule has 0 spiro atoms. The van der Waals surface area contributed by atoms with Crippen LogP contribution in [0, 0.1) is 5.92 Å². The van der Waals surface area contributed by atoms with Gasteiger partial charge >= 0.3 is 6.03 Å². The Balaban J connectivity index is 3.99. The molecule has 2 atom stereocenters. The molecule has 3 amide bonds. The van der Waals surface area contributed by atoms with Crippen LogP contribution in [0.3, 0.4) is 0 Å². The van der Waals surface area contributed by atoms with Crippen molar-refractivity contribution < 1.29 is 14.7 Å². The van der Waals surface area contributed by atoms with Crippen LogP contribution in [0.25, 0.3) is 0 Å². The molecule has 4 N–H and O–H groups in total. The molecule has 100 valence electrons. The highest BCUT2D eigenvalue weighted by Crippen LogP contribution is 2.00. The number of nitrogens with one attached hydrogen (secondary N) is 3. The number of rotatable bonds is 7. The van der Waals surface area contributed by atoms with Crippen LogP contribution in [-0.2, 0) is 4.79 Å². The molecule has 0 aromatic heterocycles. The minimum Gasteiger partial charge on any atom is -0.394 e. The summed E-state index contributed by atoms with van der Waals surface area (Å²) in [5, 5.41) is 16.9. The molecule has 2 unspecified atom stereocenters. The lowest BCUT2D eigenvalue weighted by atomic mass is 10.1. The Hall–Kier alpha value is -1.30. The monoisotopic (exact) mass is 245 g/mol. The molecule has 0 aromatic rings. The Kier molecular flexibility index (Phi) is 8.13. The standard InChI is InChI=1S/C11H23N3O3/c1-4-8(3)10(16)14-9(7-15)6-13-11(17)12-5-2/h8-9,15H,4-7H2,1-3H3,(H,14,16)(H2,12,13,17). The summed E-state index contributed by atoms with van der Waals surface area (Å²) in [7, 11) is 0. The van der Waals surface area contributed by atoms with Gasteiger partial charge in [-0.1, -0.05) is 13.8 Å². The van der Waals surface area contributed by atoms with Gasteiger partial charge in [0.2, 0.25) is 5.91 Å². The molecular weight excluding hydrogens is 222 g/mol. The fourth-order valence-corrected chi connectivity index (χ4v) is 1.13. The predicted molar refractivity (Wildman–Crippen MR) is 65.5 cm³/mol. The summed E-state index contributed by atoms with van der Waals surface area (Å²) in [5.41, 5.74) is 0. The SMILES string of the molecule is CCNC(=O)NCC(CO)NC(=O)C(C)CC. The molecule has 0 aliphatic heterocycles. The van der Waals surface area contributed by atoms with Crippen molar-refractivity contribution in [3.63, 3.8) is 0 Å². The first-order chi connectivity index (χ1) is 8.04. The van der Waals surface area contributed by atoms with E-state index in [2.05, 4.69) is 16.0 Å². The first kappa shape index (κ1) is 15.7. The number of hydrogen-bond donors (Lipinski definition) is 4. The van der Waals surface area contributed by atoms with E-state index in [9.17, 15) is 9.59 Å². The van der Waals surface area contributed by atoms with Crippen LogP contribution in [0.4, 0.5) is 4.79 Å². The Morgan fingerprint density at radius 3 is 2.35 bits per heavy atom. The van der Waals surface area contributed by atoms with E-state index in [1.165, 1.54) is 0 Å². The number of aliphatic hydroxyl groups excluding tert-OH is 1. The van der Waals surface area contributed by atoms with E-state index < -0.39 is 6.04 Å². The molecule has 17 heavy (non-hydrogen) atoms. The van der Waals surface area contributed by atoms with E-state index in [0.29, 0.717) is 6.54 Å². The van der Waals surface area contributed by atoms with Crippen molar-refractivity contribution in [2.24, 2.45) is 5.92 Å². The van der Waals surface area contributed by atoms with Crippen molar-refractivity contribution in [1.82, 2.24) is 16.0 Å². The van der Waals surface area contributed by atoms with Crippen molar-refractivity contribution in [3.05, 3.63) is 0 Å². The normalized spacial score (nSPS) is 13.6. The average molecular weight is 245 g/mol. The Bertz CT molecular complexity index is 246. The van der Waals surface area contributed by atoms with Crippen LogP contribution in [0.15, 0.2) is 0 Å². The third kappa shape index (κ3) is 6.78. The van der Waals surface area contributed by atoms with Gasteiger partial charge in [-0.05, 0) is 13.3 Å². The number of carbonyl (C=O) groups is 2. The molecule has 6 heteroatoms. The maximum atomic E-state index is 11.6. The van der Waals surface area contributed by atoms with Crippen LogP contribution < -0.4 is 16.0 Å². The molecule has 0 saturated carbocycles. The summed E-state index contributed by atoms with van der Waals surface area (Å²) in [6.45, 7) is 6.11. The van der Waals surface area contributed by atoms with Crippen LogP contribution in [0.2, 0.25) is 0 Å². The third-order valence-electron chi connectivity index (χ3n) is 2.47. The van der Waals surface area contributed by atoms with Gasteiger partial charge in [0, 0.05) is 19.0 Å². The number of aliphatic hydroxyl groups is 1. The number of carbonyl (C=O) groups excluding carboxylic acids is 2. The van der Waals surface area contributed by atoms with E-state index in [-0.39, 0.29) is 31.0 Å². The van der Waals surface area contributed by atoms with Gasteiger partial charge < -0.3 is 21.1 Å². The Labute approximate surface area is 102 Å². The molecule has 0 aromatic carbocycles. The van der Waals surface area contributed by atoms with Crippen LogP contribution in [-0.4, -0.2) is 42.8 Å². The summed E-state index contributed by atoms with van der Waals surface area (Å²) in [6, 6.07) is -0.747. The zero-order valence-corrected chi connectivity index (χ0v) is 10.7. The molecule has 6 nitrogen and oxygen atoms in total. The van der Waals surface area contributed by atoms with Gasteiger partial charge in [0.1, 0.15) is 0 Å². The highest BCUT2D eigenvalue weighted by atomic mass is 16.3. The highest BCUT2D eigenvalue weighted by molar-refractivity contribution is 5.78. The van der Waals surface area contributed by atoms with Crippen molar-refractivity contribution in [3.8, 4) is 0 Å². The maximum Gasteiger partial charge on any atom is 0.314 e. The highest BCUT2D eigenvalue weighted by Gasteiger charge is 2.16. The first-order valence-electron chi connectivity index (χ1n) is 5.98. The molecule has 0 aliphatic carbocycles. The number of urea groups is 1. The van der Waals surface area contributed by atoms with Gasteiger partial charge in [-0.25, -0.2) is 4.79 Å². The van der Waals surface area contributed by atoms with Gasteiger partial charge in [-0.15, -0.1) is 0 Å². The smallest absolute Gasteiger partial charge is 0.314 e. The van der Waals surface area contributed by atoms with Gasteiger partial charge in [0.15, 0.2) is 0 Å². The lowest BCUT2D eigenvalue weighted by Gasteiger charge is -2.19. The van der Waals surface area contributed by atoms with Crippen LogP contribution in [0.5, 0.6) is 0 Å². The summed E-state index contributed by atoms with van der Waals surface area (Å²) < 4.78 is 0. The maximum absolute atomic E-state index is 11.6. The van der Waals surface area contributed by atoms with Gasteiger partial charge in [-0.3, -0.25) is 4.79 Å². The van der Waals surface area contributed by atoms with E-state index >= 15 is 0 Å². The lowest BCUT2D eigenvalue weighted by molar-refractivity contribution is -0.125. The third-order valence-corrected chi connectivity index (χ3v) is 2.47. The quantitative estimate of drug-likeness (QED) is 0.502. The van der Waals surface area contributed by atoms with Crippen LogP contribution in [0.1, 0.15) is 27.2 Å². The van der Waals surface area contributed by atoms with E-state index in [0.717, 1.165) is 6.42 Å². The number of amides is 3. The fraction of sp³-hybridized carbons (Fsp3) is 0.818. The van der Waals surface area contributed by atoms with Crippen molar-refractivity contribution in [2.75, 3.05) is 19.7 Å². The topological polar surface area (TPSA) is 90.5 Å². The van der Waals surface area contributed by atoms with Crippen molar-refractivity contribution >= 4 is 11.9 Å². The minimum atomic E-state index is -0.445. The molecule has 0 fully saturated rings. The summed E-state index contributed by atoms with van der Waals surface area (Å²) in [4.78, 5) is 22.7. The number of hydrogen-bond acceptors (Lipinski definition) is 3. The molecule has 0 aliphatic rings. The second-order valence-corrected chi connectivity index (χ2v) is 3.94. The average Bonchev–Trinajstić information content (AvgIpc) is 2.33. The molecule has 0 rings (SSSR count). The molecule has 0 bridgehead atoms. The lowest BCUT2D eigenvalue weighted by Crippen LogP contribution is -2.49. The van der Waals surface area contributed by atoms with E-state index in [1.807, 2.05) is 20.8 Å². The Morgan fingerprint density at radius 2 is 1.88 bits per heavy atom. The Morgan fingerprint density at radius 1 is 1.24 bits per heavy atom. The van der Waals surface area contributed by atoms with Gasteiger partial charge in [0.05, 0.1) is 12.6 Å². The first-order valence-corrected chi connectivity index (χ1v) is 5.98. The molecule has 0 radical (unpaired) electrons. The predicted octanol–water partition coefficient (Wildman–Crippen LogP) is -0.171. The van der Waals surface area contributed by atoms with Crippen LogP contribution >= 0.6 is 0 Å². The summed E-state index contributed by atoms with van der Waals surface area (Å²) >= 11 is 0. The zero-order chi connectivity index (χ0) is 13.3. The molecule has 0 heterocycles. The van der Waals surface area contributed by atoms with Crippen molar-refractivity contribution in [2.45, 2.75) is 33.2 Å². The van der Waals surface area contributed by atoms with Gasteiger partial charge in [0.25, 0.3) is 0 Å². The van der Waals surface area contributed by atoms with Crippen molar-refractivity contribution in [1.29, 1.82) is 0 Å². The summed E-state index contributed by atoms with van der Waals surface area (Å²) in [5.74, 6) is -0.197. The molecule has 0 saturated heterocycles. The largest absolute Gasteiger partial charge is 0.394 e. The summed E-state index contributed by atoms with van der Waals surface area (Å²) in [6.07, 6.45) is 0.744. The zero-order valence-electron chi connectivity index (χ0n) is 10.7. The van der Waals surface area contributed by atoms with E-state index in [4.69, 9.17) is 5.11 Å². The fourth-order valence-electron chi connectivity index (χ4n) is 1.13. The second-order valence-electron chi connectivity index (χ2n) is 3.94. The second kappa shape index (κ2) is 8.81. The minimum absolute atomic E-state index is 0.0893.